The molecular weight excluding hydrogens is 281 g/mol. The molecule has 0 atom stereocenters. The number of benzene rings is 1. The van der Waals surface area contributed by atoms with Crippen molar-refractivity contribution in [2.75, 3.05) is 5.73 Å². The number of nitrogens with zero attached hydrogens (tertiary/aromatic N) is 2. The molecule has 0 amide bonds. The summed E-state index contributed by atoms with van der Waals surface area (Å²) >= 11 is 12.3. The van der Waals surface area contributed by atoms with Crippen LogP contribution in [0.2, 0.25) is 10.0 Å². The summed E-state index contributed by atoms with van der Waals surface area (Å²) in [5.74, 6) is 1.90. The molecule has 2 N–H and O–H groups in total. The van der Waals surface area contributed by atoms with Crippen LogP contribution in [0.5, 0.6) is 0 Å². The molecular formula is C14H17Cl2N3. The van der Waals surface area contributed by atoms with Gasteiger partial charge in [-0.2, -0.15) is 0 Å². The van der Waals surface area contributed by atoms with Gasteiger partial charge in [0, 0.05) is 23.0 Å². The molecule has 0 fully saturated rings. The monoisotopic (exact) mass is 297 g/mol. The molecule has 0 aliphatic rings. The van der Waals surface area contributed by atoms with Gasteiger partial charge < -0.3 is 10.3 Å². The molecule has 3 nitrogen and oxygen atoms in total. The van der Waals surface area contributed by atoms with E-state index in [-0.39, 0.29) is 0 Å². The maximum absolute atomic E-state index is 6.22. The van der Waals surface area contributed by atoms with E-state index in [0.717, 1.165) is 17.9 Å². The molecule has 2 aromatic rings. The van der Waals surface area contributed by atoms with E-state index in [1.165, 1.54) is 0 Å². The van der Waals surface area contributed by atoms with Gasteiger partial charge in [-0.15, -0.1) is 0 Å². The Labute approximate surface area is 123 Å². The summed E-state index contributed by atoms with van der Waals surface area (Å²) in [6.07, 6.45) is 0. The largest absolute Gasteiger partial charge is 0.383 e. The van der Waals surface area contributed by atoms with Crippen molar-refractivity contribution < 1.29 is 0 Å². The van der Waals surface area contributed by atoms with Crippen LogP contribution in [0.15, 0.2) is 18.2 Å². The third-order valence-electron chi connectivity index (χ3n) is 3.05. The first-order chi connectivity index (χ1) is 8.95. The van der Waals surface area contributed by atoms with Gasteiger partial charge in [0.15, 0.2) is 0 Å². The van der Waals surface area contributed by atoms with E-state index in [1.807, 2.05) is 11.5 Å². The molecule has 1 aromatic carbocycles. The molecule has 0 saturated heterocycles. The van der Waals surface area contributed by atoms with E-state index >= 15 is 0 Å². The van der Waals surface area contributed by atoms with Gasteiger partial charge in [0.2, 0.25) is 0 Å². The lowest BCUT2D eigenvalue weighted by atomic mass is 10.1. The SMILES string of the molecule is CCn1c(C(C)C)nc(-c2cc(Cl)ccc2Cl)c1N. The highest BCUT2D eigenvalue weighted by Gasteiger charge is 2.19. The molecule has 0 spiro atoms. The molecule has 0 aliphatic heterocycles. The number of anilines is 1. The van der Waals surface area contributed by atoms with E-state index in [2.05, 4.69) is 18.8 Å². The minimum atomic E-state index is 0.300. The maximum atomic E-state index is 6.22. The summed E-state index contributed by atoms with van der Waals surface area (Å²) < 4.78 is 2.01. The third-order valence-corrected chi connectivity index (χ3v) is 3.62. The molecule has 5 heteroatoms. The second-order valence-electron chi connectivity index (χ2n) is 4.73. The summed E-state index contributed by atoms with van der Waals surface area (Å²) in [6.45, 7) is 7.02. The van der Waals surface area contributed by atoms with E-state index in [0.29, 0.717) is 27.5 Å². The van der Waals surface area contributed by atoms with Crippen molar-refractivity contribution in [3.8, 4) is 11.3 Å². The van der Waals surface area contributed by atoms with Crippen molar-refractivity contribution in [2.45, 2.75) is 33.2 Å². The smallest absolute Gasteiger partial charge is 0.131 e. The topological polar surface area (TPSA) is 43.8 Å². The van der Waals surface area contributed by atoms with Crippen LogP contribution < -0.4 is 5.73 Å². The zero-order valence-electron chi connectivity index (χ0n) is 11.2. The Hall–Kier alpha value is -1.19. The van der Waals surface area contributed by atoms with E-state index < -0.39 is 0 Å². The summed E-state index contributed by atoms with van der Waals surface area (Å²) in [7, 11) is 0. The summed E-state index contributed by atoms with van der Waals surface area (Å²) in [5, 5.41) is 1.23. The zero-order chi connectivity index (χ0) is 14.2. The van der Waals surface area contributed by atoms with Crippen LogP contribution in [0.25, 0.3) is 11.3 Å². The lowest BCUT2D eigenvalue weighted by Crippen LogP contribution is -2.06. The first-order valence-corrected chi connectivity index (χ1v) is 7.02. The predicted octanol–water partition coefficient (Wildman–Crippen LogP) is 4.58. The number of imidazole rings is 1. The average molecular weight is 298 g/mol. The Kier molecular flexibility index (Phi) is 4.07. The van der Waals surface area contributed by atoms with Crippen LogP contribution in [0.1, 0.15) is 32.5 Å². The lowest BCUT2D eigenvalue weighted by molar-refractivity contribution is 0.658. The van der Waals surface area contributed by atoms with Crippen molar-refractivity contribution in [1.82, 2.24) is 9.55 Å². The number of rotatable bonds is 3. The van der Waals surface area contributed by atoms with E-state index in [9.17, 15) is 0 Å². The number of aromatic nitrogens is 2. The summed E-state index contributed by atoms with van der Waals surface area (Å²) in [6, 6.07) is 5.31. The van der Waals surface area contributed by atoms with Gasteiger partial charge in [-0.05, 0) is 25.1 Å². The van der Waals surface area contributed by atoms with Gasteiger partial charge in [-0.1, -0.05) is 37.0 Å². The molecule has 102 valence electrons. The molecule has 0 aliphatic carbocycles. The second kappa shape index (κ2) is 5.43. The fourth-order valence-corrected chi connectivity index (χ4v) is 2.51. The van der Waals surface area contributed by atoms with Gasteiger partial charge in [0.05, 0.1) is 5.02 Å². The van der Waals surface area contributed by atoms with Crippen molar-refractivity contribution in [2.24, 2.45) is 0 Å². The van der Waals surface area contributed by atoms with Crippen molar-refractivity contribution >= 4 is 29.0 Å². The van der Waals surface area contributed by atoms with Gasteiger partial charge in [0.1, 0.15) is 17.3 Å². The van der Waals surface area contributed by atoms with Crippen LogP contribution in [0.3, 0.4) is 0 Å². The Balaban J connectivity index is 2.66. The maximum Gasteiger partial charge on any atom is 0.131 e. The fourth-order valence-electron chi connectivity index (χ4n) is 2.13. The Bertz CT molecular complexity index is 603. The van der Waals surface area contributed by atoms with E-state index in [1.54, 1.807) is 18.2 Å². The van der Waals surface area contributed by atoms with Crippen LogP contribution in [-0.4, -0.2) is 9.55 Å². The minimum absolute atomic E-state index is 0.300. The van der Waals surface area contributed by atoms with Crippen molar-refractivity contribution in [1.29, 1.82) is 0 Å². The number of hydrogen-bond donors (Lipinski definition) is 1. The third kappa shape index (κ3) is 2.58. The predicted molar refractivity (Wildman–Crippen MR) is 81.9 cm³/mol. The molecule has 0 unspecified atom stereocenters. The Morgan fingerprint density at radius 3 is 2.53 bits per heavy atom. The Morgan fingerprint density at radius 2 is 2.00 bits per heavy atom. The normalized spacial score (nSPS) is 11.3. The lowest BCUT2D eigenvalue weighted by Gasteiger charge is -2.08. The number of halogens is 2. The van der Waals surface area contributed by atoms with Gasteiger partial charge in [-0.25, -0.2) is 4.98 Å². The zero-order valence-corrected chi connectivity index (χ0v) is 12.8. The van der Waals surface area contributed by atoms with Crippen LogP contribution in [0.4, 0.5) is 5.82 Å². The Morgan fingerprint density at radius 1 is 1.32 bits per heavy atom. The fraction of sp³-hybridized carbons (Fsp3) is 0.357. The first-order valence-electron chi connectivity index (χ1n) is 6.27. The summed E-state index contributed by atoms with van der Waals surface area (Å²) in [5.41, 5.74) is 7.69. The number of nitrogens with two attached hydrogens (primary N) is 1. The van der Waals surface area contributed by atoms with Crippen LogP contribution in [0, 0.1) is 0 Å². The average Bonchev–Trinajstić information content (AvgIpc) is 2.69. The van der Waals surface area contributed by atoms with Crippen LogP contribution in [-0.2, 0) is 6.54 Å². The minimum Gasteiger partial charge on any atom is -0.383 e. The molecule has 1 aromatic heterocycles. The molecule has 0 radical (unpaired) electrons. The molecule has 2 rings (SSSR count). The van der Waals surface area contributed by atoms with Gasteiger partial charge in [-0.3, -0.25) is 0 Å². The number of nitrogen functional groups attached to an aromatic ring is 1. The highest BCUT2D eigenvalue weighted by molar-refractivity contribution is 6.35. The molecule has 19 heavy (non-hydrogen) atoms. The number of hydrogen-bond acceptors (Lipinski definition) is 2. The van der Waals surface area contributed by atoms with Crippen molar-refractivity contribution in [3.05, 3.63) is 34.1 Å². The van der Waals surface area contributed by atoms with Gasteiger partial charge >= 0.3 is 0 Å². The summed E-state index contributed by atoms with van der Waals surface area (Å²) in [4.78, 5) is 4.65. The van der Waals surface area contributed by atoms with Crippen molar-refractivity contribution in [3.63, 3.8) is 0 Å². The standard InChI is InChI=1S/C14H17Cl2N3/c1-4-19-13(17)12(18-14(19)8(2)3)10-7-9(15)5-6-11(10)16/h5-8H,4,17H2,1-3H3. The highest BCUT2D eigenvalue weighted by atomic mass is 35.5. The van der Waals surface area contributed by atoms with E-state index in [4.69, 9.17) is 28.9 Å². The first kappa shape index (κ1) is 14.2. The quantitative estimate of drug-likeness (QED) is 0.901. The second-order valence-corrected chi connectivity index (χ2v) is 5.57. The molecule has 0 bridgehead atoms. The van der Waals surface area contributed by atoms with Crippen LogP contribution >= 0.6 is 23.2 Å². The van der Waals surface area contributed by atoms with Gasteiger partial charge in [0.25, 0.3) is 0 Å². The molecule has 1 heterocycles. The highest BCUT2D eigenvalue weighted by Crippen LogP contribution is 2.35. The molecule has 0 saturated carbocycles.